The van der Waals surface area contributed by atoms with E-state index in [4.69, 9.17) is 17.3 Å². The first kappa shape index (κ1) is 10.1. The van der Waals surface area contributed by atoms with Crippen LogP contribution in [-0.4, -0.2) is 10.8 Å². The van der Waals surface area contributed by atoms with E-state index in [2.05, 4.69) is 4.98 Å². The van der Waals surface area contributed by atoms with E-state index < -0.39 is 0 Å². The van der Waals surface area contributed by atoms with Gasteiger partial charge in [0.05, 0.1) is 9.90 Å². The standard InChI is InChI=1S/C10H7ClN2OS/c11-6-4-5-15-10(6)9(14)7-2-1-3-8(12)13-7/h1-5H,(H2,12,13). The number of rotatable bonds is 2. The number of anilines is 1. The molecule has 0 saturated carbocycles. The normalized spacial score (nSPS) is 10.2. The Balaban J connectivity index is 2.41. The molecule has 2 N–H and O–H groups in total. The molecular formula is C10H7ClN2OS. The zero-order chi connectivity index (χ0) is 10.8. The minimum atomic E-state index is -0.192. The first-order chi connectivity index (χ1) is 7.18. The number of halogens is 1. The molecule has 5 heteroatoms. The molecule has 0 saturated heterocycles. The molecule has 0 unspecified atom stereocenters. The number of ketones is 1. The van der Waals surface area contributed by atoms with E-state index in [1.807, 2.05) is 0 Å². The minimum absolute atomic E-state index is 0.192. The highest BCUT2D eigenvalue weighted by Gasteiger charge is 2.15. The fourth-order valence-electron chi connectivity index (χ4n) is 1.15. The van der Waals surface area contributed by atoms with Crippen LogP contribution in [0.3, 0.4) is 0 Å². The van der Waals surface area contributed by atoms with Crippen molar-refractivity contribution < 1.29 is 4.79 Å². The predicted octanol–water partition coefficient (Wildman–Crippen LogP) is 2.61. The number of nitrogens with two attached hydrogens (primary N) is 1. The molecule has 3 nitrogen and oxygen atoms in total. The Morgan fingerprint density at radius 1 is 1.40 bits per heavy atom. The number of carbonyl (C=O) groups is 1. The van der Waals surface area contributed by atoms with Gasteiger partial charge in [0.2, 0.25) is 5.78 Å². The molecule has 0 spiro atoms. The van der Waals surface area contributed by atoms with E-state index in [1.165, 1.54) is 11.3 Å². The van der Waals surface area contributed by atoms with E-state index in [0.29, 0.717) is 21.4 Å². The summed E-state index contributed by atoms with van der Waals surface area (Å²) in [6.45, 7) is 0. The first-order valence-electron chi connectivity index (χ1n) is 4.18. The van der Waals surface area contributed by atoms with Gasteiger partial charge in [-0.15, -0.1) is 11.3 Å². The lowest BCUT2D eigenvalue weighted by molar-refractivity contribution is 0.103. The van der Waals surface area contributed by atoms with Gasteiger partial charge in [0, 0.05) is 0 Å². The molecule has 0 radical (unpaired) electrons. The van der Waals surface area contributed by atoms with Gasteiger partial charge < -0.3 is 5.73 Å². The Kier molecular flexibility index (Phi) is 2.70. The maximum Gasteiger partial charge on any atom is 0.222 e. The Morgan fingerprint density at radius 3 is 2.80 bits per heavy atom. The second kappa shape index (κ2) is 4.00. The van der Waals surface area contributed by atoms with Gasteiger partial charge in [-0.25, -0.2) is 4.98 Å². The Bertz CT molecular complexity index is 510. The summed E-state index contributed by atoms with van der Waals surface area (Å²) in [7, 11) is 0. The van der Waals surface area contributed by atoms with Crippen LogP contribution < -0.4 is 5.73 Å². The monoisotopic (exact) mass is 238 g/mol. The summed E-state index contributed by atoms with van der Waals surface area (Å²) in [5.41, 5.74) is 5.81. The predicted molar refractivity (Wildman–Crippen MR) is 61.4 cm³/mol. The number of hydrogen-bond donors (Lipinski definition) is 1. The lowest BCUT2D eigenvalue weighted by atomic mass is 10.2. The van der Waals surface area contributed by atoms with Crippen molar-refractivity contribution in [3.63, 3.8) is 0 Å². The average molecular weight is 239 g/mol. The number of carbonyl (C=O) groups excluding carboxylic acids is 1. The molecule has 2 rings (SSSR count). The largest absolute Gasteiger partial charge is 0.384 e. The second-order valence-corrected chi connectivity index (χ2v) is 4.20. The van der Waals surface area contributed by atoms with Crippen molar-refractivity contribution in [2.45, 2.75) is 0 Å². The summed E-state index contributed by atoms with van der Waals surface area (Å²) < 4.78 is 0. The molecule has 0 bridgehead atoms. The summed E-state index contributed by atoms with van der Waals surface area (Å²) in [6, 6.07) is 6.63. The summed E-state index contributed by atoms with van der Waals surface area (Å²) in [5.74, 6) is 0.135. The van der Waals surface area contributed by atoms with E-state index in [-0.39, 0.29) is 5.78 Å². The fourth-order valence-corrected chi connectivity index (χ4v) is 2.24. The smallest absolute Gasteiger partial charge is 0.222 e. The molecule has 15 heavy (non-hydrogen) atoms. The Hall–Kier alpha value is -1.39. The summed E-state index contributed by atoms with van der Waals surface area (Å²) >= 11 is 7.15. The van der Waals surface area contributed by atoms with Gasteiger partial charge in [0.1, 0.15) is 11.5 Å². The van der Waals surface area contributed by atoms with Crippen molar-refractivity contribution in [2.75, 3.05) is 5.73 Å². The van der Waals surface area contributed by atoms with E-state index in [9.17, 15) is 4.79 Å². The van der Waals surface area contributed by atoms with Crippen LogP contribution in [0, 0.1) is 0 Å². The van der Waals surface area contributed by atoms with Crippen LogP contribution in [0.2, 0.25) is 5.02 Å². The van der Waals surface area contributed by atoms with Gasteiger partial charge >= 0.3 is 0 Å². The molecule has 0 aliphatic carbocycles. The third-order valence-electron chi connectivity index (χ3n) is 1.83. The van der Waals surface area contributed by atoms with Crippen molar-refractivity contribution in [2.24, 2.45) is 0 Å². The topological polar surface area (TPSA) is 56.0 Å². The molecule has 0 fully saturated rings. The van der Waals surface area contributed by atoms with Crippen molar-refractivity contribution in [3.8, 4) is 0 Å². The SMILES string of the molecule is Nc1cccc(C(=O)c2sccc2Cl)n1. The Labute approximate surface area is 95.5 Å². The first-order valence-corrected chi connectivity index (χ1v) is 5.44. The number of nitrogen functional groups attached to an aromatic ring is 1. The minimum Gasteiger partial charge on any atom is -0.384 e. The average Bonchev–Trinajstić information content (AvgIpc) is 2.63. The highest BCUT2D eigenvalue weighted by atomic mass is 35.5. The quantitative estimate of drug-likeness (QED) is 0.819. The molecule has 0 aromatic carbocycles. The van der Waals surface area contributed by atoms with Crippen molar-refractivity contribution >= 4 is 34.5 Å². The molecule has 0 aliphatic heterocycles. The molecule has 0 aliphatic rings. The summed E-state index contributed by atoms with van der Waals surface area (Å²) in [6.07, 6.45) is 0. The van der Waals surface area contributed by atoms with E-state index >= 15 is 0 Å². The second-order valence-electron chi connectivity index (χ2n) is 2.87. The number of thiophene rings is 1. The highest BCUT2D eigenvalue weighted by Crippen LogP contribution is 2.24. The van der Waals surface area contributed by atoms with Crippen LogP contribution >= 0.6 is 22.9 Å². The number of hydrogen-bond acceptors (Lipinski definition) is 4. The van der Waals surface area contributed by atoms with Crippen molar-refractivity contribution in [1.82, 2.24) is 4.98 Å². The fraction of sp³-hybridized carbons (Fsp3) is 0. The Morgan fingerprint density at radius 2 is 2.20 bits per heavy atom. The van der Waals surface area contributed by atoms with Crippen LogP contribution in [0.1, 0.15) is 15.4 Å². The molecule has 2 aromatic heterocycles. The van der Waals surface area contributed by atoms with Crippen LogP contribution in [0.4, 0.5) is 5.82 Å². The molecule has 76 valence electrons. The lowest BCUT2D eigenvalue weighted by Gasteiger charge is -1.99. The maximum absolute atomic E-state index is 11.9. The van der Waals surface area contributed by atoms with Gasteiger partial charge in [-0.05, 0) is 23.6 Å². The van der Waals surface area contributed by atoms with Crippen molar-refractivity contribution in [3.05, 3.63) is 45.2 Å². The van der Waals surface area contributed by atoms with Crippen LogP contribution in [0.15, 0.2) is 29.6 Å². The zero-order valence-corrected chi connectivity index (χ0v) is 9.18. The molecular weight excluding hydrogens is 232 g/mol. The van der Waals surface area contributed by atoms with Crippen molar-refractivity contribution in [1.29, 1.82) is 0 Å². The molecule has 2 heterocycles. The van der Waals surface area contributed by atoms with Gasteiger partial charge in [-0.2, -0.15) is 0 Å². The van der Waals surface area contributed by atoms with Gasteiger partial charge in [0.15, 0.2) is 0 Å². The van der Waals surface area contributed by atoms with Gasteiger partial charge in [-0.1, -0.05) is 17.7 Å². The van der Waals surface area contributed by atoms with E-state index in [1.54, 1.807) is 29.6 Å². The molecule has 2 aromatic rings. The summed E-state index contributed by atoms with van der Waals surface area (Å²) in [4.78, 5) is 16.3. The third-order valence-corrected chi connectivity index (χ3v) is 3.17. The lowest BCUT2D eigenvalue weighted by Crippen LogP contribution is -2.04. The highest BCUT2D eigenvalue weighted by molar-refractivity contribution is 7.13. The molecule has 0 atom stereocenters. The third kappa shape index (κ3) is 2.00. The molecule has 0 amide bonds. The van der Waals surface area contributed by atoms with Crippen LogP contribution in [-0.2, 0) is 0 Å². The zero-order valence-electron chi connectivity index (χ0n) is 7.61. The van der Waals surface area contributed by atoms with Gasteiger partial charge in [-0.3, -0.25) is 4.79 Å². The van der Waals surface area contributed by atoms with E-state index in [0.717, 1.165) is 0 Å². The maximum atomic E-state index is 11.9. The van der Waals surface area contributed by atoms with Crippen LogP contribution in [0.5, 0.6) is 0 Å². The number of nitrogens with zero attached hydrogens (tertiary/aromatic N) is 1. The van der Waals surface area contributed by atoms with Crippen LogP contribution in [0.25, 0.3) is 0 Å². The summed E-state index contributed by atoms with van der Waals surface area (Å²) in [5, 5.41) is 2.22. The number of aromatic nitrogens is 1. The van der Waals surface area contributed by atoms with Gasteiger partial charge in [0.25, 0.3) is 0 Å². The number of pyridine rings is 1.